The number of rotatable bonds is 3. The van der Waals surface area contributed by atoms with Crippen molar-refractivity contribution in [3.05, 3.63) is 12.2 Å². The van der Waals surface area contributed by atoms with E-state index in [9.17, 15) is 19.8 Å². The summed E-state index contributed by atoms with van der Waals surface area (Å²) in [5.41, 5.74) is -3.51. The number of aliphatic hydroxyl groups is 2. The highest BCUT2D eigenvalue weighted by atomic mass is 16.8. The maximum absolute atomic E-state index is 12.2. The Morgan fingerprint density at radius 3 is 2.33 bits per heavy atom. The largest absolute Gasteiger partial charge is 0.462 e. The molecule has 8 nitrogen and oxygen atoms in total. The molecule has 8 heteroatoms. The van der Waals surface area contributed by atoms with Crippen LogP contribution in [0.5, 0.6) is 0 Å². The molecular formula is C31H46O8. The molecule has 4 aliphatic carbocycles. The number of hydrogen-bond donors (Lipinski definition) is 2. The predicted octanol–water partition coefficient (Wildman–Crippen LogP) is 4.05. The first-order valence-corrected chi connectivity index (χ1v) is 14.8. The molecule has 12 unspecified atom stereocenters. The van der Waals surface area contributed by atoms with Crippen molar-refractivity contribution in [2.24, 2.45) is 34.5 Å². The zero-order valence-corrected chi connectivity index (χ0v) is 24.5. The Kier molecular flexibility index (Phi) is 5.89. The molecule has 6 aliphatic rings. The topological polar surface area (TPSA) is 112 Å². The summed E-state index contributed by atoms with van der Waals surface area (Å²) in [6, 6.07) is 0. The summed E-state index contributed by atoms with van der Waals surface area (Å²) in [4.78, 5) is 23.8. The van der Waals surface area contributed by atoms with Crippen LogP contribution in [0.15, 0.2) is 12.2 Å². The minimum absolute atomic E-state index is 0.00000539. The predicted molar refractivity (Wildman–Crippen MR) is 141 cm³/mol. The van der Waals surface area contributed by atoms with Crippen LogP contribution in [0.4, 0.5) is 0 Å². The molecule has 2 heterocycles. The molecule has 0 aromatic heterocycles. The van der Waals surface area contributed by atoms with Crippen molar-refractivity contribution in [1.82, 2.24) is 0 Å². The molecule has 0 radical (unpaired) electrons. The number of hydrogen-bond acceptors (Lipinski definition) is 8. The fourth-order valence-corrected chi connectivity index (χ4v) is 10.4. The van der Waals surface area contributed by atoms with E-state index in [1.165, 1.54) is 13.8 Å². The third-order valence-electron chi connectivity index (χ3n) is 12.3. The summed E-state index contributed by atoms with van der Waals surface area (Å²) in [7, 11) is 0. The van der Waals surface area contributed by atoms with E-state index >= 15 is 0 Å². The summed E-state index contributed by atoms with van der Waals surface area (Å²) in [6.07, 6.45) is 8.39. The van der Waals surface area contributed by atoms with Crippen LogP contribution < -0.4 is 0 Å². The summed E-state index contributed by atoms with van der Waals surface area (Å²) >= 11 is 0. The first-order chi connectivity index (χ1) is 18.0. The Balaban J connectivity index is 1.36. The molecule has 6 rings (SSSR count). The zero-order valence-electron chi connectivity index (χ0n) is 24.5. The maximum Gasteiger partial charge on any atom is 0.303 e. The van der Waals surface area contributed by atoms with Crippen LogP contribution >= 0.6 is 0 Å². The third kappa shape index (κ3) is 3.63. The highest BCUT2D eigenvalue weighted by Crippen LogP contribution is 2.72. The van der Waals surface area contributed by atoms with E-state index in [4.69, 9.17) is 18.9 Å². The normalized spacial score (nSPS) is 53.7. The van der Waals surface area contributed by atoms with Gasteiger partial charge in [-0.25, -0.2) is 0 Å². The highest BCUT2D eigenvalue weighted by molar-refractivity contribution is 5.66. The van der Waals surface area contributed by atoms with Gasteiger partial charge >= 0.3 is 11.9 Å². The zero-order chi connectivity index (χ0) is 28.4. The molecule has 218 valence electrons. The van der Waals surface area contributed by atoms with Crippen molar-refractivity contribution in [3.63, 3.8) is 0 Å². The Labute approximate surface area is 231 Å². The highest BCUT2D eigenvalue weighted by Gasteiger charge is 2.76. The van der Waals surface area contributed by atoms with Gasteiger partial charge in [-0.1, -0.05) is 26.0 Å². The lowest BCUT2D eigenvalue weighted by Crippen LogP contribution is -2.64. The van der Waals surface area contributed by atoms with Crippen LogP contribution in [0.1, 0.15) is 93.4 Å². The van der Waals surface area contributed by atoms with Gasteiger partial charge in [0, 0.05) is 38.0 Å². The summed E-state index contributed by atoms with van der Waals surface area (Å²) in [5, 5.41) is 23.2. The number of carbonyl (C=O) groups is 2. The molecule has 0 amide bonds. The summed E-state index contributed by atoms with van der Waals surface area (Å²) in [5.74, 6) is -1.03. The first kappa shape index (κ1) is 27.7. The SMILES string of the molecule is CC(=O)OC1CCC2(C)C3CCC4(C)C(CC5OC6(C(C)(C)O)CC(OC(C)=O)C(C)(O6)C54)C3C=CC2(O)C1. The molecule has 3 saturated carbocycles. The van der Waals surface area contributed by atoms with Crippen LogP contribution in [-0.4, -0.2) is 63.1 Å². The van der Waals surface area contributed by atoms with Gasteiger partial charge in [0.2, 0.25) is 5.79 Å². The van der Waals surface area contributed by atoms with E-state index in [1.54, 1.807) is 13.8 Å². The van der Waals surface area contributed by atoms with Gasteiger partial charge in [0.1, 0.15) is 23.4 Å². The number of ether oxygens (including phenoxy) is 4. The van der Waals surface area contributed by atoms with E-state index in [0.717, 1.165) is 32.1 Å². The van der Waals surface area contributed by atoms with Crippen LogP contribution in [0.25, 0.3) is 0 Å². The van der Waals surface area contributed by atoms with Crippen molar-refractivity contribution < 1.29 is 38.7 Å². The van der Waals surface area contributed by atoms with E-state index in [2.05, 4.69) is 26.8 Å². The lowest BCUT2D eigenvalue weighted by atomic mass is 9.44. The Bertz CT molecular complexity index is 1100. The van der Waals surface area contributed by atoms with Crippen LogP contribution in [0.2, 0.25) is 0 Å². The van der Waals surface area contributed by atoms with Gasteiger partial charge < -0.3 is 29.2 Å². The van der Waals surface area contributed by atoms with E-state index < -0.39 is 28.7 Å². The molecule has 2 aliphatic heterocycles. The van der Waals surface area contributed by atoms with Crippen LogP contribution in [0.3, 0.4) is 0 Å². The molecule has 0 spiro atoms. The second-order valence-corrected chi connectivity index (χ2v) is 14.8. The lowest BCUT2D eigenvalue weighted by molar-refractivity contribution is -0.384. The van der Waals surface area contributed by atoms with Gasteiger partial charge in [0.15, 0.2) is 0 Å². The number of fused-ring (bicyclic) bond motifs is 10. The van der Waals surface area contributed by atoms with Gasteiger partial charge in [-0.3, -0.25) is 9.59 Å². The molecule has 39 heavy (non-hydrogen) atoms. The third-order valence-corrected chi connectivity index (χ3v) is 12.3. The van der Waals surface area contributed by atoms with Gasteiger partial charge in [-0.15, -0.1) is 0 Å². The van der Waals surface area contributed by atoms with Crippen molar-refractivity contribution in [2.45, 2.75) is 134 Å². The van der Waals surface area contributed by atoms with Gasteiger partial charge in [0.25, 0.3) is 0 Å². The fraction of sp³-hybridized carbons (Fsp3) is 0.871. The quantitative estimate of drug-likeness (QED) is 0.403. The Morgan fingerprint density at radius 1 is 1.00 bits per heavy atom. The van der Waals surface area contributed by atoms with Gasteiger partial charge in [-0.05, 0) is 76.0 Å². The van der Waals surface area contributed by atoms with E-state index in [-0.39, 0.29) is 46.8 Å². The number of carbonyl (C=O) groups excluding carboxylic acids is 2. The smallest absolute Gasteiger partial charge is 0.303 e. The lowest BCUT2D eigenvalue weighted by Gasteiger charge is -2.62. The Morgan fingerprint density at radius 2 is 1.69 bits per heavy atom. The number of allylic oxidation sites excluding steroid dienone is 1. The molecule has 0 aromatic rings. The minimum atomic E-state index is -1.28. The van der Waals surface area contributed by atoms with Crippen molar-refractivity contribution in [3.8, 4) is 0 Å². The second-order valence-electron chi connectivity index (χ2n) is 14.8. The van der Waals surface area contributed by atoms with E-state index in [1.807, 2.05) is 6.08 Å². The molecule has 5 fully saturated rings. The average Bonchev–Trinajstić information content (AvgIpc) is 3.22. The van der Waals surface area contributed by atoms with Crippen LogP contribution in [-0.2, 0) is 28.5 Å². The monoisotopic (exact) mass is 546 g/mol. The van der Waals surface area contributed by atoms with Crippen molar-refractivity contribution >= 4 is 11.9 Å². The molecule has 2 N–H and O–H groups in total. The second kappa shape index (κ2) is 8.30. The molecule has 0 aromatic carbocycles. The minimum Gasteiger partial charge on any atom is -0.462 e. The summed E-state index contributed by atoms with van der Waals surface area (Å²) in [6.45, 7) is 12.9. The first-order valence-electron chi connectivity index (χ1n) is 14.8. The average molecular weight is 547 g/mol. The van der Waals surface area contributed by atoms with E-state index in [0.29, 0.717) is 24.7 Å². The van der Waals surface area contributed by atoms with Gasteiger partial charge in [-0.2, -0.15) is 0 Å². The fourth-order valence-electron chi connectivity index (χ4n) is 10.4. The summed E-state index contributed by atoms with van der Waals surface area (Å²) < 4.78 is 24.9. The van der Waals surface area contributed by atoms with Crippen molar-refractivity contribution in [2.75, 3.05) is 0 Å². The Hall–Kier alpha value is -1.48. The van der Waals surface area contributed by atoms with Gasteiger partial charge in [0.05, 0.1) is 11.7 Å². The maximum atomic E-state index is 12.2. The standard InChI is InChI=1S/C31H46O8/c1-17(32)36-19-8-12-28(6)21-10-11-27(5)22(20(21)9-13-30(28,35)15-19)14-23-25(27)29(7)24(37-18(2)33)16-31(38-23,39-29)26(3,4)34/h9,13,19-25,34-35H,8,10-12,14-16H2,1-7H3. The van der Waals surface area contributed by atoms with Crippen molar-refractivity contribution in [1.29, 1.82) is 0 Å². The molecule has 2 saturated heterocycles. The molecule has 2 bridgehead atoms. The molecule has 12 atom stereocenters. The number of esters is 2. The molecular weight excluding hydrogens is 500 g/mol. The van der Waals surface area contributed by atoms with Crippen LogP contribution in [0, 0.1) is 34.5 Å².